The van der Waals surface area contributed by atoms with Gasteiger partial charge in [-0.15, -0.1) is 0 Å². The summed E-state index contributed by atoms with van der Waals surface area (Å²) in [6.45, 7) is 3.76. The van der Waals surface area contributed by atoms with Gasteiger partial charge in [-0.05, 0) is 34.7 Å². The van der Waals surface area contributed by atoms with Gasteiger partial charge in [0.05, 0.1) is 26.9 Å². The van der Waals surface area contributed by atoms with Gasteiger partial charge in [-0.2, -0.15) is 0 Å². The Labute approximate surface area is 187 Å². The van der Waals surface area contributed by atoms with Crippen LogP contribution in [0.1, 0.15) is 32.0 Å². The second-order valence-corrected chi connectivity index (χ2v) is 8.70. The fourth-order valence-electron chi connectivity index (χ4n) is 3.63. The number of amides is 1. The van der Waals surface area contributed by atoms with E-state index in [1.165, 1.54) is 11.8 Å². The Hall–Kier alpha value is -2.35. The highest BCUT2D eigenvalue weighted by Crippen LogP contribution is 2.41. The maximum atomic E-state index is 13.1. The van der Waals surface area contributed by atoms with Gasteiger partial charge in [0.25, 0.3) is 6.17 Å². The molecule has 3 aromatic rings. The van der Waals surface area contributed by atoms with Crippen molar-refractivity contribution in [2.45, 2.75) is 31.6 Å². The molecule has 30 heavy (non-hydrogen) atoms. The highest BCUT2D eigenvalue weighted by molar-refractivity contribution is 7.99. The largest absolute Gasteiger partial charge is 0.325 e. The zero-order chi connectivity index (χ0) is 21.4. The summed E-state index contributed by atoms with van der Waals surface area (Å²) in [6.07, 6.45) is -0.523. The summed E-state index contributed by atoms with van der Waals surface area (Å²) in [6, 6.07) is 12.5. The van der Waals surface area contributed by atoms with Gasteiger partial charge in [-0.25, -0.2) is 4.90 Å². The summed E-state index contributed by atoms with van der Waals surface area (Å²) in [5, 5.41) is 5.93. The summed E-state index contributed by atoms with van der Waals surface area (Å²) < 4.78 is 1.57. The Morgan fingerprint density at radius 1 is 1.17 bits per heavy atom. The predicted molar refractivity (Wildman–Crippen MR) is 119 cm³/mol. The molecule has 2 heterocycles. The van der Waals surface area contributed by atoms with Crippen molar-refractivity contribution in [3.05, 3.63) is 68.4 Å². The number of fused-ring (bicyclic) bond motifs is 3. The molecule has 1 atom stereocenters. The Morgan fingerprint density at radius 3 is 2.53 bits per heavy atom. The standard InChI is InChI=1S/C21H18Cl2N4O2S/c1-3-16(28)26-15-11-6-5-8-12(15)18-19(29)24-21(30-4-2)25-27(18)20(26)17-13(22)9-7-10-14(17)23/h5-11,20H,3-4H2,1-2H3/p+1/t20-/m0/s1. The molecule has 0 bridgehead atoms. The van der Waals surface area contributed by atoms with Gasteiger partial charge in [0, 0.05) is 11.5 Å². The van der Waals surface area contributed by atoms with Gasteiger partial charge < -0.3 is 0 Å². The number of H-pyrrole nitrogens is 1. The highest BCUT2D eigenvalue weighted by atomic mass is 35.5. The zero-order valence-corrected chi connectivity index (χ0v) is 18.7. The minimum Gasteiger partial charge on any atom is -0.291 e. The lowest BCUT2D eigenvalue weighted by Gasteiger charge is -2.32. The number of benzene rings is 2. The summed E-state index contributed by atoms with van der Waals surface area (Å²) in [5.41, 5.74) is 1.83. The fraction of sp³-hybridized carbons (Fsp3) is 0.238. The monoisotopic (exact) mass is 461 g/mol. The molecule has 0 saturated carbocycles. The number of hydrogen-bond donors (Lipinski definition) is 1. The van der Waals surface area contributed by atoms with E-state index in [-0.39, 0.29) is 17.9 Å². The second kappa shape index (κ2) is 8.41. The summed E-state index contributed by atoms with van der Waals surface area (Å²) in [5.74, 6) is 0.599. The molecule has 0 aliphatic carbocycles. The van der Waals surface area contributed by atoms with Gasteiger partial charge in [0.15, 0.2) is 0 Å². The molecule has 1 amide bonds. The number of thioether (sulfide) groups is 1. The minimum absolute atomic E-state index is 0.131. The van der Waals surface area contributed by atoms with Crippen molar-refractivity contribution in [2.75, 3.05) is 10.7 Å². The summed E-state index contributed by atoms with van der Waals surface area (Å²) >= 11 is 14.5. The third-order valence-corrected chi connectivity index (χ3v) is 6.27. The number of halogens is 2. The average Bonchev–Trinajstić information content (AvgIpc) is 2.73. The van der Waals surface area contributed by atoms with Crippen LogP contribution in [0.5, 0.6) is 0 Å². The van der Waals surface area contributed by atoms with Crippen molar-refractivity contribution in [3.63, 3.8) is 0 Å². The number of aromatic amines is 1. The van der Waals surface area contributed by atoms with Crippen LogP contribution in [-0.4, -0.2) is 21.7 Å². The molecule has 0 radical (unpaired) electrons. The first kappa shape index (κ1) is 20.9. The van der Waals surface area contributed by atoms with E-state index < -0.39 is 6.17 Å². The molecular weight excluding hydrogens is 443 g/mol. The topological polar surface area (TPSA) is 69.9 Å². The second-order valence-electron chi connectivity index (χ2n) is 6.63. The molecule has 0 unspecified atom stereocenters. The van der Waals surface area contributed by atoms with E-state index in [2.05, 4.69) is 10.1 Å². The third-order valence-electron chi connectivity index (χ3n) is 4.87. The van der Waals surface area contributed by atoms with E-state index >= 15 is 0 Å². The molecule has 0 saturated heterocycles. The first-order valence-electron chi connectivity index (χ1n) is 9.52. The van der Waals surface area contributed by atoms with Gasteiger partial charge in [-0.3, -0.25) is 14.6 Å². The van der Waals surface area contributed by atoms with E-state index in [1.54, 1.807) is 34.7 Å². The van der Waals surface area contributed by atoms with Crippen molar-refractivity contribution in [2.24, 2.45) is 0 Å². The van der Waals surface area contributed by atoms with Gasteiger partial charge >= 0.3 is 11.3 Å². The molecule has 154 valence electrons. The van der Waals surface area contributed by atoms with E-state index in [0.29, 0.717) is 37.7 Å². The highest BCUT2D eigenvalue weighted by Gasteiger charge is 2.47. The van der Waals surface area contributed by atoms with E-state index in [0.717, 1.165) is 5.75 Å². The Balaban J connectivity index is 2.12. The molecule has 0 spiro atoms. The van der Waals surface area contributed by atoms with Crippen LogP contribution in [0, 0.1) is 0 Å². The molecule has 1 aromatic heterocycles. The SMILES string of the molecule is CCSc1n[n+]2c(c(=O)[nH]1)-c1ccccc1N(C(=O)CC)[C@@H]2c1c(Cl)cccc1Cl. The van der Waals surface area contributed by atoms with Crippen molar-refractivity contribution < 1.29 is 9.48 Å². The van der Waals surface area contributed by atoms with E-state index in [4.69, 9.17) is 23.2 Å². The van der Waals surface area contributed by atoms with Crippen molar-refractivity contribution in [1.29, 1.82) is 0 Å². The number of hydrogen-bond acceptors (Lipinski definition) is 4. The smallest absolute Gasteiger partial charge is 0.291 e. The number of rotatable bonds is 4. The first-order valence-corrected chi connectivity index (χ1v) is 11.3. The maximum absolute atomic E-state index is 13.1. The fourth-order valence-corrected chi connectivity index (χ4v) is 4.81. The van der Waals surface area contributed by atoms with Crippen LogP contribution >= 0.6 is 35.0 Å². The average molecular weight is 462 g/mol. The number of nitrogens with one attached hydrogen (secondary N) is 1. The number of aromatic nitrogens is 3. The van der Waals surface area contributed by atoms with Gasteiger partial charge in [0.2, 0.25) is 11.1 Å². The Bertz CT molecular complexity index is 1180. The van der Waals surface area contributed by atoms with Gasteiger partial charge in [-0.1, -0.05) is 67.0 Å². The van der Waals surface area contributed by atoms with Crippen LogP contribution in [0.25, 0.3) is 11.3 Å². The Morgan fingerprint density at radius 2 is 1.87 bits per heavy atom. The van der Waals surface area contributed by atoms with Crippen LogP contribution in [-0.2, 0) is 4.79 Å². The van der Waals surface area contributed by atoms with Crippen LogP contribution < -0.4 is 15.1 Å². The molecule has 4 rings (SSSR count). The zero-order valence-electron chi connectivity index (χ0n) is 16.4. The molecule has 2 aromatic carbocycles. The molecule has 0 fully saturated rings. The summed E-state index contributed by atoms with van der Waals surface area (Å²) in [4.78, 5) is 30.7. The van der Waals surface area contributed by atoms with E-state index in [1.807, 2.05) is 31.2 Å². The first-order chi connectivity index (χ1) is 14.5. The van der Waals surface area contributed by atoms with Crippen molar-refractivity contribution in [1.82, 2.24) is 10.1 Å². The van der Waals surface area contributed by atoms with Crippen molar-refractivity contribution >= 4 is 46.6 Å². The molecule has 9 heteroatoms. The number of para-hydroxylation sites is 1. The number of nitrogens with zero attached hydrogens (tertiary/aromatic N) is 3. The molecule has 1 aliphatic rings. The number of anilines is 1. The third kappa shape index (κ3) is 3.41. The minimum atomic E-state index is -0.790. The predicted octanol–water partition coefficient (Wildman–Crippen LogP) is 4.45. The Kier molecular flexibility index (Phi) is 5.86. The molecule has 6 nitrogen and oxygen atoms in total. The van der Waals surface area contributed by atoms with Crippen LogP contribution in [0.15, 0.2) is 52.4 Å². The molecule has 1 aliphatic heterocycles. The van der Waals surface area contributed by atoms with E-state index in [9.17, 15) is 9.59 Å². The van der Waals surface area contributed by atoms with Crippen LogP contribution in [0.3, 0.4) is 0 Å². The number of carbonyl (C=O) groups excluding carboxylic acids is 1. The molecular formula is C21H19Cl2N4O2S+. The lowest BCUT2D eigenvalue weighted by atomic mass is 10.0. The van der Waals surface area contributed by atoms with Gasteiger partial charge in [0.1, 0.15) is 0 Å². The summed E-state index contributed by atoms with van der Waals surface area (Å²) in [7, 11) is 0. The van der Waals surface area contributed by atoms with Crippen molar-refractivity contribution in [3.8, 4) is 11.3 Å². The quantitative estimate of drug-likeness (QED) is 0.460. The normalized spacial score (nSPS) is 14.9. The molecule has 1 N–H and O–H groups in total. The maximum Gasteiger partial charge on any atom is 0.325 e. The number of carbonyl (C=O) groups is 1. The lowest BCUT2D eigenvalue weighted by molar-refractivity contribution is -0.763. The van der Waals surface area contributed by atoms with Crippen LogP contribution in [0.2, 0.25) is 10.0 Å². The lowest BCUT2D eigenvalue weighted by Crippen LogP contribution is -2.61. The van der Waals surface area contributed by atoms with Crippen LogP contribution in [0.4, 0.5) is 5.69 Å².